The highest BCUT2D eigenvalue weighted by atomic mass is 35.5. The summed E-state index contributed by atoms with van der Waals surface area (Å²) in [7, 11) is 0. The minimum absolute atomic E-state index is 0.0688. The Balaban J connectivity index is 2.52. The Hall–Kier alpha value is -1.62. The summed E-state index contributed by atoms with van der Waals surface area (Å²) in [5.74, 6) is -2.66. The molecule has 2 unspecified atom stereocenters. The molecule has 0 aliphatic carbocycles. The van der Waals surface area contributed by atoms with E-state index < -0.39 is 23.7 Å². The van der Waals surface area contributed by atoms with Crippen molar-refractivity contribution in [2.24, 2.45) is 5.92 Å². The second kappa shape index (κ2) is 5.79. The van der Waals surface area contributed by atoms with Gasteiger partial charge in [0.2, 0.25) is 5.91 Å². The van der Waals surface area contributed by atoms with Crippen LogP contribution < -0.4 is 0 Å². The lowest BCUT2D eigenvalue weighted by Gasteiger charge is -2.39. The molecule has 6 heteroatoms. The fraction of sp³-hybridized carbons (Fsp3) is 0.429. The Morgan fingerprint density at radius 2 is 2.25 bits per heavy atom. The maximum atomic E-state index is 14.2. The van der Waals surface area contributed by atoms with E-state index in [9.17, 15) is 19.1 Å². The number of nitrogens with zero attached hydrogens (tertiary/aromatic N) is 1. The van der Waals surface area contributed by atoms with Crippen molar-refractivity contribution in [3.8, 4) is 0 Å². The van der Waals surface area contributed by atoms with Crippen LogP contribution in [-0.2, 0) is 9.59 Å². The highest BCUT2D eigenvalue weighted by molar-refractivity contribution is 6.30. The molecule has 2 atom stereocenters. The molecule has 2 rings (SSSR count). The van der Waals surface area contributed by atoms with Gasteiger partial charge in [-0.2, -0.15) is 0 Å². The smallest absolute Gasteiger partial charge is 0.308 e. The molecule has 1 heterocycles. The van der Waals surface area contributed by atoms with Crippen LogP contribution in [0.25, 0.3) is 0 Å². The number of halogens is 2. The van der Waals surface area contributed by atoms with E-state index in [2.05, 4.69) is 0 Å². The largest absolute Gasteiger partial charge is 0.481 e. The number of carbonyl (C=O) groups is 2. The average molecular weight is 300 g/mol. The molecule has 0 saturated carbocycles. The van der Waals surface area contributed by atoms with E-state index in [0.717, 1.165) is 0 Å². The van der Waals surface area contributed by atoms with Gasteiger partial charge in [-0.15, -0.1) is 0 Å². The summed E-state index contributed by atoms with van der Waals surface area (Å²) in [5, 5.41) is 9.27. The predicted octanol–water partition coefficient (Wildman–Crippen LogP) is 2.86. The Bertz CT molecular complexity index is 547. The number of rotatable bonds is 3. The van der Waals surface area contributed by atoms with E-state index in [-0.39, 0.29) is 29.3 Å². The first-order valence-corrected chi connectivity index (χ1v) is 6.81. The molecule has 1 aliphatic rings. The first kappa shape index (κ1) is 14.8. The molecule has 1 aromatic carbocycles. The molecule has 0 aromatic heterocycles. The highest BCUT2D eigenvalue weighted by Crippen LogP contribution is 2.39. The van der Waals surface area contributed by atoms with Crippen molar-refractivity contribution >= 4 is 23.5 Å². The molecule has 4 nitrogen and oxygen atoms in total. The molecule has 0 radical (unpaired) electrons. The summed E-state index contributed by atoms with van der Waals surface area (Å²) in [6.07, 6.45) is 0.380. The van der Waals surface area contributed by atoms with Crippen LogP contribution in [0, 0.1) is 11.7 Å². The predicted molar refractivity (Wildman–Crippen MR) is 71.9 cm³/mol. The van der Waals surface area contributed by atoms with Gasteiger partial charge in [0, 0.05) is 18.5 Å². The lowest BCUT2D eigenvalue weighted by molar-refractivity contribution is -0.151. The van der Waals surface area contributed by atoms with Gasteiger partial charge in [0.05, 0.1) is 17.0 Å². The third-order valence-corrected chi connectivity index (χ3v) is 3.96. The normalized spacial score (nSPS) is 22.9. The van der Waals surface area contributed by atoms with Gasteiger partial charge >= 0.3 is 5.97 Å². The number of carbonyl (C=O) groups excluding carboxylic acids is 1. The van der Waals surface area contributed by atoms with Crippen molar-refractivity contribution in [1.82, 2.24) is 4.90 Å². The number of carboxylic acid groups (broad SMARTS) is 1. The molecule has 1 amide bonds. The summed E-state index contributed by atoms with van der Waals surface area (Å²) in [6, 6.07) is 3.64. The molecule has 0 bridgehead atoms. The number of piperidine rings is 1. The van der Waals surface area contributed by atoms with Crippen LogP contribution in [0.3, 0.4) is 0 Å². The fourth-order valence-electron chi connectivity index (χ4n) is 2.72. The molecule has 1 fully saturated rings. The third kappa shape index (κ3) is 2.50. The third-order valence-electron chi connectivity index (χ3n) is 3.66. The summed E-state index contributed by atoms with van der Waals surface area (Å²) >= 11 is 5.76. The summed E-state index contributed by atoms with van der Waals surface area (Å²) < 4.78 is 14.2. The van der Waals surface area contributed by atoms with Crippen LogP contribution in [-0.4, -0.2) is 28.4 Å². The summed E-state index contributed by atoms with van der Waals surface area (Å²) in [5.41, 5.74) is 0.166. The second-order valence-electron chi connectivity index (χ2n) is 4.75. The molecule has 1 N–H and O–H groups in total. The summed E-state index contributed by atoms with van der Waals surface area (Å²) in [4.78, 5) is 24.8. The number of hydrogen-bond acceptors (Lipinski definition) is 2. The molecule has 108 valence electrons. The molecule has 1 aliphatic heterocycles. The number of benzene rings is 1. The van der Waals surface area contributed by atoms with Gasteiger partial charge in [-0.1, -0.05) is 23.7 Å². The van der Waals surface area contributed by atoms with E-state index in [1.54, 1.807) is 13.0 Å². The van der Waals surface area contributed by atoms with E-state index in [0.29, 0.717) is 6.54 Å². The first-order valence-electron chi connectivity index (χ1n) is 6.43. The Morgan fingerprint density at radius 3 is 2.85 bits per heavy atom. The fourth-order valence-corrected chi connectivity index (χ4v) is 2.90. The maximum absolute atomic E-state index is 14.2. The van der Waals surface area contributed by atoms with E-state index in [1.807, 2.05) is 0 Å². The number of carboxylic acids is 1. The molecule has 1 saturated heterocycles. The van der Waals surface area contributed by atoms with E-state index in [1.165, 1.54) is 17.0 Å². The van der Waals surface area contributed by atoms with Gasteiger partial charge in [-0.05, 0) is 19.4 Å². The van der Waals surface area contributed by atoms with E-state index in [4.69, 9.17) is 11.6 Å². The summed E-state index contributed by atoms with van der Waals surface area (Å²) in [6.45, 7) is 2.08. The maximum Gasteiger partial charge on any atom is 0.308 e. The van der Waals surface area contributed by atoms with Crippen LogP contribution in [0.5, 0.6) is 0 Å². The number of amides is 1. The van der Waals surface area contributed by atoms with Crippen molar-refractivity contribution in [1.29, 1.82) is 0 Å². The van der Waals surface area contributed by atoms with Crippen LogP contribution in [0.4, 0.5) is 4.39 Å². The standard InChI is InChI=1S/C14H15ClFNO3/c1-2-17-11(18)7-6-9(14(19)20)13(17)8-4-3-5-10(15)12(8)16/h3-5,9,13H,2,6-7H2,1H3,(H,19,20). The number of likely N-dealkylation sites (tertiary alicyclic amines) is 1. The van der Waals surface area contributed by atoms with Gasteiger partial charge < -0.3 is 10.0 Å². The van der Waals surface area contributed by atoms with Crippen molar-refractivity contribution in [2.45, 2.75) is 25.8 Å². The van der Waals surface area contributed by atoms with Crippen molar-refractivity contribution < 1.29 is 19.1 Å². The molecule has 20 heavy (non-hydrogen) atoms. The average Bonchev–Trinajstić information content (AvgIpc) is 2.41. The zero-order valence-electron chi connectivity index (χ0n) is 11.0. The minimum Gasteiger partial charge on any atom is -0.481 e. The number of hydrogen-bond donors (Lipinski definition) is 1. The second-order valence-corrected chi connectivity index (χ2v) is 5.16. The van der Waals surface area contributed by atoms with Crippen LogP contribution in [0.2, 0.25) is 5.02 Å². The first-order chi connectivity index (χ1) is 9.47. The van der Waals surface area contributed by atoms with Crippen molar-refractivity contribution in [2.75, 3.05) is 6.54 Å². The monoisotopic (exact) mass is 299 g/mol. The zero-order chi connectivity index (χ0) is 14.9. The van der Waals surface area contributed by atoms with Crippen LogP contribution >= 0.6 is 11.6 Å². The number of aliphatic carboxylic acids is 1. The molecule has 1 aromatic rings. The SMILES string of the molecule is CCN1C(=O)CCC(C(=O)O)C1c1cccc(Cl)c1F. The van der Waals surface area contributed by atoms with Crippen LogP contribution in [0.15, 0.2) is 18.2 Å². The lowest BCUT2D eigenvalue weighted by Crippen LogP contribution is -2.45. The van der Waals surface area contributed by atoms with Gasteiger partial charge in [0.1, 0.15) is 5.82 Å². The highest BCUT2D eigenvalue weighted by Gasteiger charge is 2.41. The Labute approximate surface area is 121 Å². The zero-order valence-corrected chi connectivity index (χ0v) is 11.7. The van der Waals surface area contributed by atoms with Crippen molar-refractivity contribution in [3.63, 3.8) is 0 Å². The van der Waals surface area contributed by atoms with Gasteiger partial charge in [-0.25, -0.2) is 4.39 Å². The topological polar surface area (TPSA) is 57.6 Å². The van der Waals surface area contributed by atoms with Gasteiger partial charge in [0.15, 0.2) is 0 Å². The van der Waals surface area contributed by atoms with E-state index >= 15 is 0 Å². The molecular formula is C14H15ClFNO3. The molecular weight excluding hydrogens is 285 g/mol. The van der Waals surface area contributed by atoms with Crippen molar-refractivity contribution in [3.05, 3.63) is 34.6 Å². The minimum atomic E-state index is -1.03. The Morgan fingerprint density at radius 1 is 1.55 bits per heavy atom. The quantitative estimate of drug-likeness (QED) is 0.933. The van der Waals surface area contributed by atoms with Gasteiger partial charge in [0.25, 0.3) is 0 Å². The van der Waals surface area contributed by atoms with Gasteiger partial charge in [-0.3, -0.25) is 9.59 Å². The molecule has 0 spiro atoms. The lowest BCUT2D eigenvalue weighted by atomic mass is 9.84. The Kier molecular flexibility index (Phi) is 4.28. The van der Waals surface area contributed by atoms with Crippen LogP contribution in [0.1, 0.15) is 31.4 Å².